The number of amidine groups is 1. The van der Waals surface area contributed by atoms with Crippen LogP contribution in [0.1, 0.15) is 31.8 Å². The average Bonchev–Trinajstić information content (AvgIpc) is 3.20. The molecule has 2 heterocycles. The lowest BCUT2D eigenvalue weighted by Gasteiger charge is -2.34. The average molecular weight is 460 g/mol. The number of amides is 2. The first-order valence-electron chi connectivity index (χ1n) is 11.2. The molecular weight excluding hydrogens is 430 g/mol. The van der Waals surface area contributed by atoms with E-state index in [1.807, 2.05) is 36.1 Å². The van der Waals surface area contributed by atoms with Crippen molar-refractivity contribution in [3.8, 4) is 0 Å². The highest BCUT2D eigenvalue weighted by Gasteiger charge is 2.20. The van der Waals surface area contributed by atoms with Gasteiger partial charge >= 0.3 is 0 Å². The molecule has 0 atom stereocenters. The minimum atomic E-state index is -0.358. The van der Waals surface area contributed by atoms with Gasteiger partial charge < -0.3 is 20.4 Å². The maximum absolute atomic E-state index is 12.9. The third kappa shape index (κ3) is 5.15. The molecule has 1 saturated heterocycles. The summed E-state index contributed by atoms with van der Waals surface area (Å²) in [5.74, 6) is 0.0551. The number of likely N-dealkylation sites (N-methyl/N-ethyl adjacent to an activating group) is 1. The van der Waals surface area contributed by atoms with Gasteiger partial charge in [0.25, 0.3) is 11.8 Å². The molecule has 4 rings (SSSR count). The van der Waals surface area contributed by atoms with E-state index in [9.17, 15) is 9.59 Å². The van der Waals surface area contributed by atoms with Crippen LogP contribution in [0.25, 0.3) is 0 Å². The number of piperazine rings is 1. The second kappa shape index (κ2) is 9.88. The minimum absolute atomic E-state index is 0.268. The molecule has 0 radical (unpaired) electrons. The largest absolute Gasteiger partial charge is 0.354 e. The Hall–Kier alpha value is -3.98. The Kier molecular flexibility index (Phi) is 6.74. The van der Waals surface area contributed by atoms with Crippen LogP contribution < -0.4 is 10.6 Å². The summed E-state index contributed by atoms with van der Waals surface area (Å²) in [5, 5.41) is 18.3. The number of nitrogens with one attached hydrogen (secondary N) is 3. The summed E-state index contributed by atoms with van der Waals surface area (Å²) in [5.41, 5.74) is 3.22. The minimum Gasteiger partial charge on any atom is -0.354 e. The monoisotopic (exact) mass is 459 g/mol. The fraction of sp³-hybridized carbons (Fsp3) is 0.280. The Balaban J connectivity index is 1.43. The van der Waals surface area contributed by atoms with E-state index in [2.05, 4.69) is 27.7 Å². The van der Waals surface area contributed by atoms with Gasteiger partial charge in [0.1, 0.15) is 17.2 Å². The third-order valence-electron chi connectivity index (χ3n) is 5.96. The molecule has 2 aromatic carbocycles. The van der Waals surface area contributed by atoms with Crippen molar-refractivity contribution in [1.82, 2.24) is 19.6 Å². The van der Waals surface area contributed by atoms with Crippen molar-refractivity contribution >= 4 is 29.2 Å². The summed E-state index contributed by atoms with van der Waals surface area (Å²) < 4.78 is 1.46. The van der Waals surface area contributed by atoms with Crippen molar-refractivity contribution < 1.29 is 9.59 Å². The van der Waals surface area contributed by atoms with Gasteiger partial charge in [0.15, 0.2) is 0 Å². The molecule has 1 aliphatic rings. The van der Waals surface area contributed by atoms with Crippen LogP contribution in [0, 0.1) is 12.3 Å². The number of aromatic nitrogens is 2. The maximum Gasteiger partial charge on any atom is 0.261 e. The van der Waals surface area contributed by atoms with E-state index in [-0.39, 0.29) is 17.4 Å². The second-order valence-electron chi connectivity index (χ2n) is 8.52. The molecule has 3 aromatic rings. The van der Waals surface area contributed by atoms with Gasteiger partial charge in [0, 0.05) is 50.0 Å². The molecule has 0 saturated carbocycles. The van der Waals surface area contributed by atoms with Crippen LogP contribution in [-0.4, -0.2) is 70.5 Å². The van der Waals surface area contributed by atoms with E-state index in [1.54, 1.807) is 31.3 Å². The summed E-state index contributed by atoms with van der Waals surface area (Å²) in [4.78, 5) is 30.0. The topological polar surface area (TPSA) is 106 Å². The lowest BCUT2D eigenvalue weighted by atomic mass is 10.1. The summed E-state index contributed by atoms with van der Waals surface area (Å²) >= 11 is 0. The molecule has 0 aliphatic carbocycles. The number of carbonyl (C=O) groups excluding carboxylic acids is 2. The third-order valence-corrected chi connectivity index (χ3v) is 5.96. The van der Waals surface area contributed by atoms with Gasteiger partial charge in [-0.25, -0.2) is 0 Å². The zero-order chi connectivity index (χ0) is 24.2. The van der Waals surface area contributed by atoms with Crippen molar-refractivity contribution in [2.45, 2.75) is 6.92 Å². The molecule has 176 valence electrons. The summed E-state index contributed by atoms with van der Waals surface area (Å²) in [6.07, 6.45) is 1.43. The van der Waals surface area contributed by atoms with Gasteiger partial charge in [-0.3, -0.25) is 19.7 Å². The molecule has 0 bridgehead atoms. The first-order chi connectivity index (χ1) is 16.3. The second-order valence-corrected chi connectivity index (χ2v) is 8.52. The number of hydrogen-bond acceptors (Lipinski definition) is 5. The van der Waals surface area contributed by atoms with Crippen molar-refractivity contribution in [1.29, 1.82) is 5.41 Å². The number of benzene rings is 2. The molecular formula is C25H29N7O2. The number of aryl methyl sites for hydroxylation is 2. The normalized spacial score (nSPS) is 14.0. The number of anilines is 2. The van der Waals surface area contributed by atoms with Gasteiger partial charge in [-0.05, 0) is 38.2 Å². The molecule has 3 N–H and O–H groups in total. The summed E-state index contributed by atoms with van der Waals surface area (Å²) in [6.45, 7) is 5.44. The Labute approximate surface area is 198 Å². The van der Waals surface area contributed by atoms with E-state index < -0.39 is 0 Å². The van der Waals surface area contributed by atoms with Crippen molar-refractivity contribution in [2.75, 3.05) is 43.9 Å². The van der Waals surface area contributed by atoms with Gasteiger partial charge in [0.2, 0.25) is 0 Å². The molecule has 1 aliphatic heterocycles. The van der Waals surface area contributed by atoms with Crippen LogP contribution in [0.15, 0.2) is 54.7 Å². The van der Waals surface area contributed by atoms with Gasteiger partial charge in [-0.2, -0.15) is 5.10 Å². The first-order valence-corrected chi connectivity index (χ1v) is 11.2. The Morgan fingerprint density at radius 3 is 2.12 bits per heavy atom. The van der Waals surface area contributed by atoms with E-state index in [1.165, 1.54) is 10.9 Å². The van der Waals surface area contributed by atoms with Gasteiger partial charge in [-0.15, -0.1) is 0 Å². The van der Waals surface area contributed by atoms with Crippen LogP contribution in [0.3, 0.4) is 0 Å². The SMILES string of the molecule is Cc1ccc(NC(=O)c2cnn(C)c2NC(=O)c2ccc(C(=N)N3CCN(C)CC3)cc2)cc1. The molecule has 2 amide bonds. The van der Waals surface area contributed by atoms with Gasteiger partial charge in [-0.1, -0.05) is 29.8 Å². The van der Waals surface area contributed by atoms with Crippen LogP contribution >= 0.6 is 0 Å². The molecule has 9 heteroatoms. The van der Waals surface area contributed by atoms with Crippen LogP contribution in [0.2, 0.25) is 0 Å². The quantitative estimate of drug-likeness (QED) is 0.402. The smallest absolute Gasteiger partial charge is 0.261 e. The number of carbonyl (C=O) groups is 2. The number of hydrogen-bond donors (Lipinski definition) is 3. The first kappa shape index (κ1) is 23.2. The highest BCUT2D eigenvalue weighted by molar-refractivity contribution is 6.12. The standard InChI is InChI=1S/C25H29N7O2/c1-17-4-10-20(11-5-17)28-25(34)21-16-27-31(3)23(21)29-24(33)19-8-6-18(7-9-19)22(26)32-14-12-30(2)13-15-32/h4-11,16,26H,12-15H2,1-3H3,(H,28,34)(H,29,33). The maximum atomic E-state index is 12.9. The Morgan fingerprint density at radius 2 is 1.47 bits per heavy atom. The molecule has 1 aromatic heterocycles. The van der Waals surface area contributed by atoms with Crippen molar-refractivity contribution in [3.05, 3.63) is 77.0 Å². The van der Waals surface area contributed by atoms with Gasteiger partial charge in [0.05, 0.1) is 6.20 Å². The summed E-state index contributed by atoms with van der Waals surface area (Å²) in [6, 6.07) is 14.4. The highest BCUT2D eigenvalue weighted by atomic mass is 16.2. The zero-order valence-electron chi connectivity index (χ0n) is 19.6. The molecule has 0 spiro atoms. The van der Waals surface area contributed by atoms with E-state index >= 15 is 0 Å². The van der Waals surface area contributed by atoms with Crippen LogP contribution in [0.5, 0.6) is 0 Å². The Morgan fingerprint density at radius 1 is 0.853 bits per heavy atom. The summed E-state index contributed by atoms with van der Waals surface area (Å²) in [7, 11) is 3.74. The van der Waals surface area contributed by atoms with Crippen molar-refractivity contribution in [3.63, 3.8) is 0 Å². The van der Waals surface area contributed by atoms with Crippen molar-refractivity contribution in [2.24, 2.45) is 7.05 Å². The van der Waals surface area contributed by atoms with Crippen LogP contribution in [-0.2, 0) is 7.05 Å². The Bertz CT molecular complexity index is 1190. The molecule has 34 heavy (non-hydrogen) atoms. The van der Waals surface area contributed by atoms with E-state index in [0.29, 0.717) is 22.9 Å². The van der Waals surface area contributed by atoms with E-state index in [0.717, 1.165) is 37.3 Å². The molecule has 9 nitrogen and oxygen atoms in total. The highest BCUT2D eigenvalue weighted by Crippen LogP contribution is 2.19. The molecule has 1 fully saturated rings. The molecule has 0 unspecified atom stereocenters. The number of rotatable bonds is 5. The van der Waals surface area contributed by atoms with Crippen LogP contribution in [0.4, 0.5) is 11.5 Å². The van der Waals surface area contributed by atoms with E-state index in [4.69, 9.17) is 5.41 Å². The number of nitrogens with zero attached hydrogens (tertiary/aromatic N) is 4. The predicted molar refractivity (Wildman–Crippen MR) is 133 cm³/mol. The predicted octanol–water partition coefficient (Wildman–Crippen LogP) is 2.81. The zero-order valence-corrected chi connectivity index (χ0v) is 19.6. The fourth-order valence-corrected chi connectivity index (χ4v) is 3.76. The lowest BCUT2D eigenvalue weighted by Crippen LogP contribution is -2.47. The lowest BCUT2D eigenvalue weighted by molar-refractivity contribution is 0.102. The fourth-order valence-electron chi connectivity index (χ4n) is 3.76.